The van der Waals surface area contributed by atoms with Crippen molar-refractivity contribution in [2.75, 3.05) is 36.2 Å². The second-order valence-electron chi connectivity index (χ2n) is 10.3. The van der Waals surface area contributed by atoms with Crippen molar-refractivity contribution in [1.29, 1.82) is 0 Å². The number of halogens is 2. The molecule has 5 rings (SSSR count). The summed E-state index contributed by atoms with van der Waals surface area (Å²) in [6.07, 6.45) is -0.309. The third-order valence-corrected chi connectivity index (χ3v) is 8.98. The molecule has 0 unspecified atom stereocenters. The van der Waals surface area contributed by atoms with Gasteiger partial charge < -0.3 is 13.9 Å². The summed E-state index contributed by atoms with van der Waals surface area (Å²) < 4.78 is 98.1. The Balaban J connectivity index is 1.66. The number of amides is 1. The van der Waals surface area contributed by atoms with Crippen LogP contribution in [-0.2, 0) is 29.4 Å². The first-order valence-corrected chi connectivity index (χ1v) is 17.0. The SMILES string of the molecule is CONC(=O)c1c(-c2ccc(Oc3ccc(F)cc3)cc2)oc2cc3c(c(F)c12)[C@H](C)O[C@H](CS(C)(=O)=O)CN3S(C)(=O)=O. The molecule has 0 bridgehead atoms. The van der Waals surface area contributed by atoms with Crippen LogP contribution in [0.3, 0.4) is 0 Å². The summed E-state index contributed by atoms with van der Waals surface area (Å²) in [7, 11) is -6.45. The standard InChI is InChI=1S/C29H28F2N2O9S2/c1-16-24-22(33(44(4,37)38)14-21(40-16)15-43(3,35)36)13-23-25(27(24)31)26(29(34)32-39-2)28(42-23)17-5-9-19(10-6-17)41-20-11-7-18(30)8-12-20/h5-13,16,21H,14-15H2,1-4H3,(H,32,34)/t16-,21-/m0/s1. The van der Waals surface area contributed by atoms with Gasteiger partial charge in [0.2, 0.25) is 10.0 Å². The Morgan fingerprint density at radius 2 is 1.64 bits per heavy atom. The van der Waals surface area contributed by atoms with Gasteiger partial charge in [0.05, 0.1) is 54.5 Å². The monoisotopic (exact) mass is 650 g/mol. The molecule has 3 aromatic carbocycles. The molecule has 1 aromatic heterocycles. The van der Waals surface area contributed by atoms with Crippen LogP contribution in [0.5, 0.6) is 11.5 Å². The van der Waals surface area contributed by atoms with Crippen molar-refractivity contribution in [1.82, 2.24) is 5.48 Å². The zero-order valence-corrected chi connectivity index (χ0v) is 25.6. The van der Waals surface area contributed by atoms with E-state index in [0.717, 1.165) is 16.8 Å². The quantitative estimate of drug-likeness (QED) is 0.268. The van der Waals surface area contributed by atoms with Gasteiger partial charge in [-0.1, -0.05) is 0 Å². The molecule has 0 aliphatic carbocycles. The number of nitrogens with zero attached hydrogens (tertiary/aromatic N) is 1. The van der Waals surface area contributed by atoms with E-state index in [2.05, 4.69) is 5.48 Å². The molecule has 1 N–H and O–H groups in total. The fraction of sp³-hybridized carbons (Fsp3) is 0.276. The number of hydroxylamine groups is 1. The van der Waals surface area contributed by atoms with Gasteiger partial charge in [0.25, 0.3) is 5.91 Å². The Bertz CT molecular complexity index is 1940. The number of nitrogens with one attached hydrogen (secondary N) is 1. The van der Waals surface area contributed by atoms with E-state index in [0.29, 0.717) is 17.1 Å². The lowest BCUT2D eigenvalue weighted by Gasteiger charge is -2.24. The molecule has 1 aliphatic rings. The van der Waals surface area contributed by atoms with Gasteiger partial charge in [0, 0.05) is 23.4 Å². The average molecular weight is 651 g/mol. The summed E-state index contributed by atoms with van der Waals surface area (Å²) in [5, 5.41) is -0.259. The highest BCUT2D eigenvalue weighted by Gasteiger charge is 2.38. The smallest absolute Gasteiger partial charge is 0.279 e. The lowest BCUT2D eigenvalue weighted by atomic mass is 9.99. The number of sulfonamides is 1. The van der Waals surface area contributed by atoms with Crippen LogP contribution in [0.1, 0.15) is 28.9 Å². The van der Waals surface area contributed by atoms with Gasteiger partial charge in [-0.25, -0.2) is 31.1 Å². The summed E-state index contributed by atoms with van der Waals surface area (Å²) in [4.78, 5) is 18.0. The molecular weight excluding hydrogens is 622 g/mol. The van der Waals surface area contributed by atoms with E-state index in [4.69, 9.17) is 18.7 Å². The number of ether oxygens (including phenoxy) is 2. The normalized spacial score (nSPS) is 17.3. The van der Waals surface area contributed by atoms with Crippen molar-refractivity contribution >= 4 is 42.4 Å². The molecule has 11 nitrogen and oxygen atoms in total. The third kappa shape index (κ3) is 6.40. The molecule has 4 aromatic rings. The number of fused-ring (bicyclic) bond motifs is 2. The maximum Gasteiger partial charge on any atom is 0.279 e. The number of sulfone groups is 1. The molecule has 0 radical (unpaired) electrons. The Labute approximate surface area is 252 Å². The predicted molar refractivity (Wildman–Crippen MR) is 158 cm³/mol. The van der Waals surface area contributed by atoms with Gasteiger partial charge >= 0.3 is 0 Å². The maximum atomic E-state index is 16.6. The zero-order chi connectivity index (χ0) is 32.0. The lowest BCUT2D eigenvalue weighted by molar-refractivity contribution is 0.0177. The van der Waals surface area contributed by atoms with Crippen LogP contribution < -0.4 is 14.5 Å². The second kappa shape index (κ2) is 11.8. The van der Waals surface area contributed by atoms with Crippen molar-refractivity contribution in [2.24, 2.45) is 0 Å². The minimum Gasteiger partial charge on any atom is -0.457 e. The van der Waals surface area contributed by atoms with Gasteiger partial charge in [-0.15, -0.1) is 0 Å². The van der Waals surface area contributed by atoms with Gasteiger partial charge in [-0.05, 0) is 55.5 Å². The fourth-order valence-corrected chi connectivity index (χ4v) is 6.92. The molecule has 0 saturated carbocycles. The summed E-state index contributed by atoms with van der Waals surface area (Å²) in [6, 6.07) is 13.0. The molecule has 2 heterocycles. The minimum atomic E-state index is -4.06. The van der Waals surface area contributed by atoms with E-state index in [9.17, 15) is 26.0 Å². The first-order chi connectivity index (χ1) is 20.7. The van der Waals surface area contributed by atoms with Gasteiger partial charge in [-0.2, -0.15) is 0 Å². The molecule has 1 aliphatic heterocycles. The number of benzene rings is 3. The highest BCUT2D eigenvalue weighted by Crippen LogP contribution is 2.44. The van der Waals surface area contributed by atoms with Gasteiger partial charge in [0.1, 0.15) is 44.3 Å². The number of anilines is 1. The second-order valence-corrected chi connectivity index (χ2v) is 14.4. The first-order valence-electron chi connectivity index (χ1n) is 13.1. The van der Waals surface area contributed by atoms with E-state index < -0.39 is 61.9 Å². The number of hydrogen-bond acceptors (Lipinski definition) is 9. The number of carbonyl (C=O) groups excluding carboxylic acids is 1. The molecule has 1 amide bonds. The van der Waals surface area contributed by atoms with Crippen LogP contribution in [0.4, 0.5) is 14.5 Å². The summed E-state index contributed by atoms with van der Waals surface area (Å²) in [5.74, 6) is -2.01. The molecule has 0 spiro atoms. The van der Waals surface area contributed by atoms with Gasteiger partial charge in [-0.3, -0.25) is 13.9 Å². The van der Waals surface area contributed by atoms with E-state index >= 15 is 4.39 Å². The Hall–Kier alpha value is -4.05. The van der Waals surface area contributed by atoms with Crippen molar-refractivity contribution in [3.63, 3.8) is 0 Å². The van der Waals surface area contributed by atoms with Crippen LogP contribution in [0.25, 0.3) is 22.3 Å². The minimum absolute atomic E-state index is 0.0450. The highest BCUT2D eigenvalue weighted by molar-refractivity contribution is 7.92. The van der Waals surface area contributed by atoms with Crippen molar-refractivity contribution in [3.8, 4) is 22.8 Å². The summed E-state index contributed by atoms with van der Waals surface area (Å²) >= 11 is 0. The van der Waals surface area contributed by atoms with Crippen molar-refractivity contribution in [3.05, 3.63) is 77.4 Å². The molecule has 0 fully saturated rings. The van der Waals surface area contributed by atoms with Crippen LogP contribution in [0.15, 0.2) is 59.0 Å². The van der Waals surface area contributed by atoms with Crippen molar-refractivity contribution in [2.45, 2.75) is 19.1 Å². The van der Waals surface area contributed by atoms with E-state index in [1.165, 1.54) is 44.4 Å². The third-order valence-electron chi connectivity index (χ3n) is 6.85. The van der Waals surface area contributed by atoms with E-state index in [1.54, 1.807) is 24.3 Å². The first kappa shape index (κ1) is 31.4. The lowest BCUT2D eigenvalue weighted by Crippen LogP contribution is -2.39. The average Bonchev–Trinajstić information content (AvgIpc) is 3.25. The predicted octanol–water partition coefficient (Wildman–Crippen LogP) is 4.73. The number of furan rings is 1. The fourth-order valence-electron chi connectivity index (χ4n) is 5.11. The molecule has 15 heteroatoms. The maximum absolute atomic E-state index is 16.6. The summed E-state index contributed by atoms with van der Waals surface area (Å²) in [5.41, 5.74) is 1.84. The molecule has 234 valence electrons. The van der Waals surface area contributed by atoms with E-state index in [1.807, 2.05) is 0 Å². The van der Waals surface area contributed by atoms with Crippen LogP contribution in [0.2, 0.25) is 0 Å². The largest absolute Gasteiger partial charge is 0.457 e. The van der Waals surface area contributed by atoms with Gasteiger partial charge in [0.15, 0.2) is 0 Å². The number of rotatable bonds is 8. The Morgan fingerprint density at radius 3 is 2.20 bits per heavy atom. The topological polar surface area (TPSA) is 141 Å². The molecule has 44 heavy (non-hydrogen) atoms. The van der Waals surface area contributed by atoms with Crippen LogP contribution in [-0.4, -0.2) is 60.8 Å². The Kier molecular flexibility index (Phi) is 8.41. The van der Waals surface area contributed by atoms with E-state index in [-0.39, 0.29) is 33.5 Å². The number of hydrogen-bond donors (Lipinski definition) is 1. The van der Waals surface area contributed by atoms with Crippen LogP contribution >= 0.6 is 0 Å². The molecular formula is C29H28F2N2O9S2. The van der Waals surface area contributed by atoms with Crippen LogP contribution in [0, 0.1) is 11.6 Å². The summed E-state index contributed by atoms with van der Waals surface area (Å²) in [6.45, 7) is 1.07. The number of carbonyl (C=O) groups is 1. The Morgan fingerprint density at radius 1 is 1.02 bits per heavy atom. The van der Waals surface area contributed by atoms with Crippen molar-refractivity contribution < 1.29 is 49.1 Å². The highest BCUT2D eigenvalue weighted by atomic mass is 32.2. The molecule has 2 atom stereocenters. The zero-order valence-electron chi connectivity index (χ0n) is 24.0. The molecule has 0 saturated heterocycles.